The van der Waals surface area contributed by atoms with Crippen LogP contribution in [-0.2, 0) is 17.6 Å². The fraction of sp³-hybridized carbons (Fsp3) is 0.579. The van der Waals surface area contributed by atoms with Crippen LogP contribution in [-0.4, -0.2) is 67.5 Å². The van der Waals surface area contributed by atoms with Gasteiger partial charge in [-0.1, -0.05) is 12.1 Å². The molecule has 6 heteroatoms. The molecule has 0 atom stereocenters. The first-order chi connectivity index (χ1) is 12.2. The van der Waals surface area contributed by atoms with Crippen molar-refractivity contribution in [3.05, 3.63) is 29.3 Å². The number of hydrogen-bond acceptors (Lipinski definition) is 3. The molecule has 2 aliphatic rings. The van der Waals surface area contributed by atoms with Crippen molar-refractivity contribution in [2.75, 3.05) is 45.9 Å². The Morgan fingerprint density at radius 1 is 1.24 bits per heavy atom. The predicted molar refractivity (Wildman–Crippen MR) is 99.2 cm³/mol. The Kier molecular flexibility index (Phi) is 5.79. The van der Waals surface area contributed by atoms with E-state index in [0.717, 1.165) is 70.4 Å². The number of piperazine rings is 1. The van der Waals surface area contributed by atoms with Gasteiger partial charge in [0.1, 0.15) is 5.75 Å². The lowest BCUT2D eigenvalue weighted by Crippen LogP contribution is -2.53. The van der Waals surface area contributed by atoms with Crippen LogP contribution in [0.15, 0.2) is 23.2 Å². The SMILES string of the molecule is CCNC(=NCCc1ccc2c(c1)CCO2)N1CCN(C(C)=O)CC1. The first-order valence-corrected chi connectivity index (χ1v) is 9.20. The van der Waals surface area contributed by atoms with E-state index in [9.17, 15) is 4.79 Å². The summed E-state index contributed by atoms with van der Waals surface area (Å²) < 4.78 is 5.56. The highest BCUT2D eigenvalue weighted by atomic mass is 16.5. The van der Waals surface area contributed by atoms with E-state index in [-0.39, 0.29) is 5.91 Å². The minimum atomic E-state index is 0.155. The van der Waals surface area contributed by atoms with Gasteiger partial charge in [-0.15, -0.1) is 0 Å². The molecule has 1 aromatic rings. The Hall–Kier alpha value is -2.24. The van der Waals surface area contributed by atoms with Gasteiger partial charge in [-0.05, 0) is 30.5 Å². The van der Waals surface area contributed by atoms with Crippen LogP contribution in [0.5, 0.6) is 5.75 Å². The monoisotopic (exact) mass is 344 g/mol. The van der Waals surface area contributed by atoms with E-state index in [4.69, 9.17) is 9.73 Å². The molecule has 1 saturated heterocycles. The molecule has 0 spiro atoms. The molecule has 2 aliphatic heterocycles. The van der Waals surface area contributed by atoms with E-state index < -0.39 is 0 Å². The standard InChI is InChI=1S/C19H28N4O2/c1-3-20-19(23-11-9-22(10-12-23)15(2)24)21-8-6-16-4-5-18-17(14-16)7-13-25-18/h4-5,14H,3,6-13H2,1-2H3,(H,20,21). The molecular weight excluding hydrogens is 316 g/mol. The first kappa shape index (κ1) is 17.6. The number of fused-ring (bicyclic) bond motifs is 1. The van der Waals surface area contributed by atoms with Gasteiger partial charge in [-0.2, -0.15) is 0 Å². The Balaban J connectivity index is 1.56. The lowest BCUT2D eigenvalue weighted by Gasteiger charge is -2.36. The second-order valence-electron chi connectivity index (χ2n) is 6.52. The maximum Gasteiger partial charge on any atom is 0.219 e. The van der Waals surface area contributed by atoms with Gasteiger partial charge in [-0.25, -0.2) is 0 Å². The quantitative estimate of drug-likeness (QED) is 0.661. The average molecular weight is 344 g/mol. The molecule has 0 radical (unpaired) electrons. The Morgan fingerprint density at radius 2 is 2.00 bits per heavy atom. The molecule has 1 amide bonds. The van der Waals surface area contributed by atoms with E-state index >= 15 is 0 Å². The lowest BCUT2D eigenvalue weighted by molar-refractivity contribution is -0.130. The molecule has 6 nitrogen and oxygen atoms in total. The van der Waals surface area contributed by atoms with Gasteiger partial charge in [0.15, 0.2) is 5.96 Å². The Bertz CT molecular complexity index is 636. The molecule has 0 bridgehead atoms. The van der Waals surface area contributed by atoms with Gasteiger partial charge in [0, 0.05) is 52.6 Å². The van der Waals surface area contributed by atoms with Gasteiger partial charge in [0.05, 0.1) is 6.61 Å². The summed E-state index contributed by atoms with van der Waals surface area (Å²) in [6.45, 7) is 9.33. The highest BCUT2D eigenvalue weighted by Crippen LogP contribution is 2.25. The second kappa shape index (κ2) is 8.23. The van der Waals surface area contributed by atoms with E-state index in [2.05, 4.69) is 35.3 Å². The largest absolute Gasteiger partial charge is 0.493 e. The van der Waals surface area contributed by atoms with E-state index in [1.165, 1.54) is 11.1 Å². The summed E-state index contributed by atoms with van der Waals surface area (Å²) in [5.74, 6) is 2.14. The number of amides is 1. The Morgan fingerprint density at radius 3 is 2.72 bits per heavy atom. The van der Waals surface area contributed by atoms with Crippen molar-refractivity contribution in [1.29, 1.82) is 0 Å². The number of ether oxygens (including phenoxy) is 1. The van der Waals surface area contributed by atoms with Crippen molar-refractivity contribution >= 4 is 11.9 Å². The number of nitrogens with one attached hydrogen (secondary N) is 1. The number of aliphatic imine (C=N–C) groups is 1. The molecule has 25 heavy (non-hydrogen) atoms. The van der Waals surface area contributed by atoms with Crippen molar-refractivity contribution in [2.45, 2.75) is 26.7 Å². The number of nitrogens with zero attached hydrogens (tertiary/aromatic N) is 3. The minimum absolute atomic E-state index is 0.155. The van der Waals surface area contributed by atoms with Crippen molar-refractivity contribution in [1.82, 2.24) is 15.1 Å². The van der Waals surface area contributed by atoms with E-state index in [1.54, 1.807) is 6.92 Å². The zero-order valence-electron chi connectivity index (χ0n) is 15.3. The van der Waals surface area contributed by atoms with Crippen LogP contribution < -0.4 is 10.1 Å². The van der Waals surface area contributed by atoms with Crippen LogP contribution in [0.25, 0.3) is 0 Å². The molecule has 0 saturated carbocycles. The van der Waals surface area contributed by atoms with Crippen LogP contribution in [0, 0.1) is 0 Å². The van der Waals surface area contributed by atoms with Crippen LogP contribution in [0.3, 0.4) is 0 Å². The van der Waals surface area contributed by atoms with Gasteiger partial charge < -0.3 is 19.9 Å². The molecule has 136 valence electrons. The zero-order valence-corrected chi connectivity index (χ0v) is 15.3. The van der Waals surface area contributed by atoms with E-state index in [0.29, 0.717) is 0 Å². The fourth-order valence-electron chi connectivity index (χ4n) is 3.35. The molecule has 0 unspecified atom stereocenters. The topological polar surface area (TPSA) is 57.2 Å². The summed E-state index contributed by atoms with van der Waals surface area (Å²) in [6, 6.07) is 6.46. The average Bonchev–Trinajstić information content (AvgIpc) is 3.09. The number of carbonyl (C=O) groups is 1. The number of carbonyl (C=O) groups excluding carboxylic acids is 1. The van der Waals surface area contributed by atoms with Crippen LogP contribution in [0.4, 0.5) is 0 Å². The minimum Gasteiger partial charge on any atom is -0.493 e. The fourth-order valence-corrected chi connectivity index (χ4v) is 3.35. The van der Waals surface area contributed by atoms with Crippen LogP contribution in [0.1, 0.15) is 25.0 Å². The molecule has 2 heterocycles. The van der Waals surface area contributed by atoms with Gasteiger partial charge in [0.2, 0.25) is 5.91 Å². The highest BCUT2D eigenvalue weighted by Gasteiger charge is 2.20. The Labute approximate surface area is 149 Å². The lowest BCUT2D eigenvalue weighted by atomic mass is 10.1. The normalized spacial score (nSPS) is 17.3. The number of hydrogen-bond donors (Lipinski definition) is 1. The summed E-state index contributed by atoms with van der Waals surface area (Å²) in [7, 11) is 0. The summed E-state index contributed by atoms with van der Waals surface area (Å²) >= 11 is 0. The molecule has 1 N–H and O–H groups in total. The van der Waals surface area contributed by atoms with Gasteiger partial charge in [-0.3, -0.25) is 9.79 Å². The van der Waals surface area contributed by atoms with Crippen molar-refractivity contribution < 1.29 is 9.53 Å². The molecule has 1 aromatic carbocycles. The second-order valence-corrected chi connectivity index (χ2v) is 6.52. The molecule has 0 aliphatic carbocycles. The van der Waals surface area contributed by atoms with Crippen molar-refractivity contribution in [2.24, 2.45) is 4.99 Å². The number of rotatable bonds is 4. The van der Waals surface area contributed by atoms with Gasteiger partial charge in [0.25, 0.3) is 0 Å². The molecule has 3 rings (SSSR count). The number of benzene rings is 1. The summed E-state index contributed by atoms with van der Waals surface area (Å²) in [4.78, 5) is 20.4. The predicted octanol–water partition coefficient (Wildman–Crippen LogP) is 1.29. The maximum atomic E-state index is 11.5. The van der Waals surface area contributed by atoms with E-state index in [1.807, 2.05) is 4.90 Å². The number of guanidine groups is 1. The third-order valence-electron chi connectivity index (χ3n) is 4.78. The highest BCUT2D eigenvalue weighted by molar-refractivity contribution is 5.80. The summed E-state index contributed by atoms with van der Waals surface area (Å²) in [5, 5.41) is 3.38. The van der Waals surface area contributed by atoms with Crippen LogP contribution in [0.2, 0.25) is 0 Å². The maximum absolute atomic E-state index is 11.5. The molecule has 1 fully saturated rings. The van der Waals surface area contributed by atoms with Crippen molar-refractivity contribution in [3.8, 4) is 5.75 Å². The van der Waals surface area contributed by atoms with Gasteiger partial charge >= 0.3 is 0 Å². The van der Waals surface area contributed by atoms with Crippen LogP contribution >= 0.6 is 0 Å². The summed E-state index contributed by atoms with van der Waals surface area (Å²) in [6.07, 6.45) is 1.94. The molecule has 0 aromatic heterocycles. The smallest absolute Gasteiger partial charge is 0.219 e. The third kappa shape index (κ3) is 4.44. The third-order valence-corrected chi connectivity index (χ3v) is 4.78. The van der Waals surface area contributed by atoms with Crippen molar-refractivity contribution in [3.63, 3.8) is 0 Å². The zero-order chi connectivity index (χ0) is 17.6. The summed E-state index contributed by atoms with van der Waals surface area (Å²) in [5.41, 5.74) is 2.62. The first-order valence-electron chi connectivity index (χ1n) is 9.20. The molecular formula is C19H28N4O2.